The molecule has 1 aliphatic carbocycles. The highest BCUT2D eigenvalue weighted by molar-refractivity contribution is 9.11. The lowest BCUT2D eigenvalue weighted by molar-refractivity contribution is -0.141. The molecule has 1 aromatic heterocycles. The van der Waals surface area contributed by atoms with Gasteiger partial charge >= 0.3 is 5.97 Å². The second-order valence-corrected chi connectivity index (χ2v) is 9.71. The van der Waals surface area contributed by atoms with E-state index in [1.54, 1.807) is 0 Å². The molecule has 0 atom stereocenters. The molecular formula is C11H13BrClNO4S2. The van der Waals surface area contributed by atoms with E-state index in [1.807, 2.05) is 0 Å². The molecule has 9 heteroatoms. The van der Waals surface area contributed by atoms with Crippen LogP contribution in [0.1, 0.15) is 25.7 Å². The van der Waals surface area contributed by atoms with E-state index in [-0.39, 0.29) is 17.2 Å². The number of rotatable bonds is 6. The summed E-state index contributed by atoms with van der Waals surface area (Å²) in [5.74, 6) is -0.897. The molecule has 1 fully saturated rings. The summed E-state index contributed by atoms with van der Waals surface area (Å²) in [7, 11) is -3.65. The Morgan fingerprint density at radius 3 is 2.60 bits per heavy atom. The Kier molecular flexibility index (Phi) is 4.80. The number of thiophene rings is 1. The molecule has 0 spiro atoms. The summed E-state index contributed by atoms with van der Waals surface area (Å²) in [5.41, 5.74) is -0.447. The van der Waals surface area contributed by atoms with Gasteiger partial charge in [-0.05, 0) is 40.3 Å². The van der Waals surface area contributed by atoms with E-state index in [0.717, 1.165) is 30.6 Å². The molecular weight excluding hydrogens is 390 g/mol. The van der Waals surface area contributed by atoms with Gasteiger partial charge in [-0.25, -0.2) is 13.1 Å². The molecule has 0 saturated heterocycles. The monoisotopic (exact) mass is 401 g/mol. The third-order valence-electron chi connectivity index (χ3n) is 3.47. The maximum absolute atomic E-state index is 12.1. The molecule has 0 unspecified atom stereocenters. The summed E-state index contributed by atoms with van der Waals surface area (Å²) >= 11 is 10.0. The molecule has 2 rings (SSSR count). The van der Waals surface area contributed by atoms with Crippen molar-refractivity contribution in [2.45, 2.75) is 29.9 Å². The van der Waals surface area contributed by atoms with E-state index in [4.69, 9.17) is 16.7 Å². The normalized spacial score (nSPS) is 17.7. The number of hydrogen-bond donors (Lipinski definition) is 2. The number of halogens is 2. The summed E-state index contributed by atoms with van der Waals surface area (Å²) < 4.78 is 27.5. The topological polar surface area (TPSA) is 83.5 Å². The molecule has 0 amide bonds. The lowest BCUT2D eigenvalue weighted by atomic mass is 9.67. The van der Waals surface area contributed by atoms with Gasteiger partial charge in [-0.1, -0.05) is 18.0 Å². The highest BCUT2D eigenvalue weighted by Crippen LogP contribution is 2.44. The lowest BCUT2D eigenvalue weighted by Gasteiger charge is -2.40. The molecule has 20 heavy (non-hydrogen) atoms. The third kappa shape index (κ3) is 3.54. The fourth-order valence-electron chi connectivity index (χ4n) is 2.19. The number of hydrogen-bond acceptors (Lipinski definition) is 4. The van der Waals surface area contributed by atoms with Crippen molar-refractivity contribution in [1.29, 1.82) is 0 Å². The minimum atomic E-state index is -3.65. The SMILES string of the molecule is O=C(O)CC1(CNS(=O)(=O)c2cc(Cl)c(Br)s2)CCC1. The van der Waals surface area contributed by atoms with Gasteiger partial charge in [-0.15, -0.1) is 11.3 Å². The van der Waals surface area contributed by atoms with Gasteiger partial charge in [-0.2, -0.15) is 0 Å². The molecule has 1 aliphatic rings. The molecule has 1 saturated carbocycles. The zero-order chi connectivity index (χ0) is 15.0. The van der Waals surface area contributed by atoms with Crippen molar-refractivity contribution in [2.75, 3.05) is 6.54 Å². The Hall–Kier alpha value is -0.150. The number of carboxylic acids is 1. The highest BCUT2D eigenvalue weighted by atomic mass is 79.9. The summed E-state index contributed by atoms with van der Waals surface area (Å²) in [6.07, 6.45) is 2.39. The Morgan fingerprint density at radius 2 is 2.20 bits per heavy atom. The molecule has 0 radical (unpaired) electrons. The standard InChI is InChI=1S/C11H13BrClNO4S2/c12-10-7(13)4-9(19-10)20(17,18)14-6-11(2-1-3-11)5-8(15)16/h4,14H,1-3,5-6H2,(H,15,16). The fourth-order valence-corrected chi connectivity index (χ4v) is 5.79. The van der Waals surface area contributed by atoms with Crippen molar-refractivity contribution in [1.82, 2.24) is 4.72 Å². The molecule has 0 bridgehead atoms. The van der Waals surface area contributed by atoms with Gasteiger partial charge in [0.2, 0.25) is 10.0 Å². The first-order valence-electron chi connectivity index (χ1n) is 5.90. The first kappa shape index (κ1) is 16.2. The smallest absolute Gasteiger partial charge is 0.303 e. The van der Waals surface area contributed by atoms with Crippen molar-refractivity contribution in [3.05, 3.63) is 14.9 Å². The van der Waals surface area contributed by atoms with Crippen LogP contribution >= 0.6 is 38.9 Å². The summed E-state index contributed by atoms with van der Waals surface area (Å²) in [5, 5.41) is 9.25. The molecule has 112 valence electrons. The first-order valence-corrected chi connectivity index (χ1v) is 9.37. The van der Waals surface area contributed by atoms with Gasteiger partial charge in [0.25, 0.3) is 0 Å². The molecule has 2 N–H and O–H groups in total. The first-order chi connectivity index (χ1) is 9.24. The average Bonchev–Trinajstić information content (AvgIpc) is 2.63. The van der Waals surface area contributed by atoms with Crippen LogP contribution in [0.15, 0.2) is 14.1 Å². The van der Waals surface area contributed by atoms with Crippen molar-refractivity contribution in [3.8, 4) is 0 Å². The highest BCUT2D eigenvalue weighted by Gasteiger charge is 2.40. The summed E-state index contributed by atoms with van der Waals surface area (Å²) in [6, 6.07) is 1.38. The zero-order valence-electron chi connectivity index (χ0n) is 10.4. The van der Waals surface area contributed by atoms with E-state index in [1.165, 1.54) is 6.07 Å². The Balaban J connectivity index is 2.07. The molecule has 1 aromatic rings. The Bertz CT molecular complexity index is 605. The largest absolute Gasteiger partial charge is 0.481 e. The van der Waals surface area contributed by atoms with Crippen LogP contribution < -0.4 is 4.72 Å². The predicted molar refractivity (Wildman–Crippen MR) is 80.8 cm³/mol. The van der Waals surface area contributed by atoms with Crippen LogP contribution in [0.3, 0.4) is 0 Å². The number of sulfonamides is 1. The van der Waals surface area contributed by atoms with Crippen molar-refractivity contribution in [2.24, 2.45) is 5.41 Å². The maximum Gasteiger partial charge on any atom is 0.303 e. The Morgan fingerprint density at radius 1 is 1.55 bits per heavy atom. The lowest BCUT2D eigenvalue weighted by Crippen LogP contribution is -2.43. The van der Waals surface area contributed by atoms with Crippen LogP contribution in [-0.2, 0) is 14.8 Å². The van der Waals surface area contributed by atoms with Crippen molar-refractivity contribution < 1.29 is 18.3 Å². The van der Waals surface area contributed by atoms with Crippen molar-refractivity contribution in [3.63, 3.8) is 0 Å². The van der Waals surface area contributed by atoms with E-state index in [2.05, 4.69) is 20.7 Å². The summed E-state index contributed by atoms with van der Waals surface area (Å²) in [4.78, 5) is 10.9. The zero-order valence-corrected chi connectivity index (χ0v) is 14.3. The number of aliphatic carboxylic acids is 1. The second kappa shape index (κ2) is 5.92. The van der Waals surface area contributed by atoms with Gasteiger partial charge in [0.15, 0.2) is 0 Å². The van der Waals surface area contributed by atoms with E-state index < -0.39 is 21.4 Å². The van der Waals surface area contributed by atoms with Crippen LogP contribution in [0.5, 0.6) is 0 Å². The molecule has 0 aromatic carbocycles. The van der Waals surface area contributed by atoms with Gasteiger partial charge in [0, 0.05) is 6.54 Å². The van der Waals surface area contributed by atoms with Crippen LogP contribution in [0.25, 0.3) is 0 Å². The molecule has 5 nitrogen and oxygen atoms in total. The van der Waals surface area contributed by atoms with Gasteiger partial charge in [0.05, 0.1) is 15.2 Å². The van der Waals surface area contributed by atoms with Crippen molar-refractivity contribution >= 4 is 54.9 Å². The quantitative estimate of drug-likeness (QED) is 0.766. The Labute approximate surface area is 134 Å². The van der Waals surface area contributed by atoms with Crippen LogP contribution in [0.2, 0.25) is 5.02 Å². The molecule has 1 heterocycles. The predicted octanol–water partition coefficient (Wildman–Crippen LogP) is 3.09. The third-order valence-corrected chi connectivity index (χ3v) is 7.81. The van der Waals surface area contributed by atoms with E-state index in [0.29, 0.717) is 8.81 Å². The van der Waals surface area contributed by atoms with E-state index in [9.17, 15) is 13.2 Å². The minimum Gasteiger partial charge on any atom is -0.481 e. The van der Waals surface area contributed by atoms with Crippen LogP contribution in [-0.4, -0.2) is 26.0 Å². The van der Waals surface area contributed by atoms with E-state index >= 15 is 0 Å². The molecule has 0 aliphatic heterocycles. The van der Waals surface area contributed by atoms with Gasteiger partial charge < -0.3 is 5.11 Å². The minimum absolute atomic E-state index is 0.00951. The number of carbonyl (C=O) groups is 1. The fraction of sp³-hybridized carbons (Fsp3) is 0.545. The number of carboxylic acid groups (broad SMARTS) is 1. The van der Waals surface area contributed by atoms with Crippen LogP contribution in [0, 0.1) is 5.41 Å². The maximum atomic E-state index is 12.1. The van der Waals surface area contributed by atoms with Gasteiger partial charge in [-0.3, -0.25) is 4.79 Å². The average molecular weight is 403 g/mol. The van der Waals surface area contributed by atoms with Gasteiger partial charge in [0.1, 0.15) is 4.21 Å². The van der Waals surface area contributed by atoms with Crippen LogP contribution in [0.4, 0.5) is 0 Å². The number of nitrogens with one attached hydrogen (secondary N) is 1. The second-order valence-electron chi connectivity index (χ2n) is 4.94. The summed E-state index contributed by atoms with van der Waals surface area (Å²) in [6.45, 7) is 0.148.